The summed E-state index contributed by atoms with van der Waals surface area (Å²) in [5, 5.41) is 0. The number of rotatable bonds is 4. The minimum atomic E-state index is -1.58. The molecule has 0 aromatic heterocycles. The van der Waals surface area contributed by atoms with Crippen LogP contribution in [0.2, 0.25) is 0 Å². The zero-order chi connectivity index (χ0) is 24.3. The molecule has 0 N–H and O–H groups in total. The molecule has 5 heterocycles. The highest BCUT2D eigenvalue weighted by Crippen LogP contribution is 2.80. The maximum Gasteiger partial charge on any atom is 0.344 e. The van der Waals surface area contributed by atoms with Gasteiger partial charge in [-0.15, -0.1) is 0 Å². The lowest BCUT2D eigenvalue weighted by Gasteiger charge is -2.59. The van der Waals surface area contributed by atoms with Crippen molar-refractivity contribution in [2.45, 2.75) is 68.4 Å². The third-order valence-electron chi connectivity index (χ3n) is 9.43. The third kappa shape index (κ3) is 1.88. The molecule has 34 heavy (non-hydrogen) atoms. The van der Waals surface area contributed by atoms with Crippen LogP contribution >= 0.6 is 0 Å². The van der Waals surface area contributed by atoms with Crippen molar-refractivity contribution in [1.82, 2.24) is 4.90 Å². The number of ether oxygens (including phenoxy) is 4. The van der Waals surface area contributed by atoms with E-state index in [0.29, 0.717) is 38.0 Å². The Morgan fingerprint density at radius 3 is 2.65 bits per heavy atom. The van der Waals surface area contributed by atoms with E-state index in [1.54, 1.807) is 7.11 Å². The summed E-state index contributed by atoms with van der Waals surface area (Å²) in [4.78, 5) is 43.5. The van der Waals surface area contributed by atoms with E-state index in [-0.39, 0.29) is 5.91 Å². The molecule has 9 nitrogen and oxygen atoms in total. The van der Waals surface area contributed by atoms with Crippen molar-refractivity contribution in [3.63, 3.8) is 0 Å². The van der Waals surface area contributed by atoms with Gasteiger partial charge in [0.05, 0.1) is 31.1 Å². The van der Waals surface area contributed by atoms with E-state index in [9.17, 15) is 14.4 Å². The summed E-state index contributed by atoms with van der Waals surface area (Å²) in [6.07, 6.45) is 1.16. The summed E-state index contributed by atoms with van der Waals surface area (Å²) in [6, 6.07) is 5.41. The Balaban J connectivity index is 1.73. The first kappa shape index (κ1) is 21.7. The van der Waals surface area contributed by atoms with E-state index in [1.165, 1.54) is 14.0 Å². The van der Waals surface area contributed by atoms with E-state index < -0.39 is 46.2 Å². The minimum absolute atomic E-state index is 0.00783. The van der Waals surface area contributed by atoms with E-state index in [4.69, 9.17) is 18.9 Å². The third-order valence-corrected chi connectivity index (χ3v) is 9.43. The Kier molecular flexibility index (Phi) is 4.11. The first-order chi connectivity index (χ1) is 16.2. The molecule has 5 aliphatic heterocycles. The fraction of sp³-hybridized carbons (Fsp3) is 0.640. The molecule has 1 aromatic carbocycles. The van der Waals surface area contributed by atoms with Crippen LogP contribution in [0.25, 0.3) is 0 Å². The summed E-state index contributed by atoms with van der Waals surface area (Å²) in [5.74, 6) is -0.352. The van der Waals surface area contributed by atoms with Gasteiger partial charge in [0.2, 0.25) is 11.5 Å². The molecule has 0 radical (unpaired) electrons. The summed E-state index contributed by atoms with van der Waals surface area (Å²) >= 11 is 0. The summed E-state index contributed by atoms with van der Waals surface area (Å²) in [6.45, 7) is 3.87. The fourth-order valence-electron chi connectivity index (χ4n) is 8.57. The molecule has 6 atom stereocenters. The number of amides is 1. The van der Waals surface area contributed by atoms with Crippen LogP contribution in [0.15, 0.2) is 18.2 Å². The van der Waals surface area contributed by atoms with E-state index >= 15 is 0 Å². The number of hydrogen-bond acceptors (Lipinski definition) is 8. The van der Waals surface area contributed by atoms with Crippen LogP contribution in [0.5, 0.6) is 5.75 Å². The maximum absolute atomic E-state index is 13.8. The number of likely N-dealkylation sites (N-methyl/N-ethyl adjacent to an activating group) is 1. The number of anilines is 1. The Morgan fingerprint density at radius 1 is 1.24 bits per heavy atom. The fourth-order valence-corrected chi connectivity index (χ4v) is 8.57. The monoisotopic (exact) mass is 470 g/mol. The molecule has 0 aliphatic carbocycles. The zero-order valence-corrected chi connectivity index (χ0v) is 20.2. The predicted octanol–water partition coefficient (Wildman–Crippen LogP) is 1.76. The molecular weight excluding hydrogens is 440 g/mol. The molecule has 4 saturated heterocycles. The Hall–Kier alpha value is -2.81. The van der Waals surface area contributed by atoms with Gasteiger partial charge < -0.3 is 28.7 Å². The van der Waals surface area contributed by atoms with Crippen LogP contribution in [-0.2, 0) is 34.0 Å². The molecule has 0 unspecified atom stereocenters. The van der Waals surface area contributed by atoms with Gasteiger partial charge in [-0.3, -0.25) is 9.59 Å². The smallest absolute Gasteiger partial charge is 0.344 e. The number of fused-ring (bicyclic) bond motifs is 3. The average molecular weight is 471 g/mol. The quantitative estimate of drug-likeness (QED) is 0.615. The van der Waals surface area contributed by atoms with E-state index in [1.807, 2.05) is 42.0 Å². The second-order valence-electron chi connectivity index (χ2n) is 10.2. The highest BCUT2D eigenvalue weighted by atomic mass is 16.6. The van der Waals surface area contributed by atoms with Crippen molar-refractivity contribution in [3.05, 3.63) is 23.8 Å². The number of piperidine rings is 1. The lowest BCUT2D eigenvalue weighted by atomic mass is 9.48. The van der Waals surface area contributed by atoms with Gasteiger partial charge in [-0.2, -0.15) is 0 Å². The SMILES string of the molecule is CC[C@@]12CCN3C(=O)CC[C@]45c6ccc(OC)cc6N(C)[C@H]4[C@](C(=O)OC)(O[C@@]315)[C@@H]2OC(C)=O. The molecule has 6 rings (SSSR count). The summed E-state index contributed by atoms with van der Waals surface area (Å²) in [7, 11) is 4.88. The first-order valence-corrected chi connectivity index (χ1v) is 11.9. The van der Waals surface area contributed by atoms with Crippen LogP contribution in [0, 0.1) is 5.41 Å². The van der Waals surface area contributed by atoms with Crippen LogP contribution < -0.4 is 9.64 Å². The van der Waals surface area contributed by atoms with Gasteiger partial charge in [0.15, 0.2) is 11.8 Å². The Morgan fingerprint density at radius 2 is 2.00 bits per heavy atom. The standard InChI is InChI=1S/C25H30N2O7/c1-6-22-11-12-27-18(29)9-10-23-16-8-7-15(31-4)13-17(16)26(3)19(23)24(21(30)32-5,34-25(22,23)27)20(22)33-14(2)28/h7-8,13,19-20H,6,9-12H2,1-5H3/t19-,20-,22+,23+,24+,25+/m1/s1. The van der Waals surface area contributed by atoms with Gasteiger partial charge in [0.25, 0.3) is 0 Å². The van der Waals surface area contributed by atoms with Crippen molar-refractivity contribution < 1.29 is 33.3 Å². The molecule has 4 fully saturated rings. The Labute approximate surface area is 198 Å². The normalized spacial score (nSPS) is 40.7. The highest BCUT2D eigenvalue weighted by Gasteiger charge is 2.96. The maximum atomic E-state index is 13.8. The molecule has 5 aliphatic rings. The molecule has 1 amide bonds. The molecule has 9 heteroatoms. The van der Waals surface area contributed by atoms with Crippen LogP contribution in [0.1, 0.15) is 45.1 Å². The number of methoxy groups -OCH3 is 2. The number of carbonyl (C=O) groups is 3. The predicted molar refractivity (Wildman–Crippen MR) is 119 cm³/mol. The van der Waals surface area contributed by atoms with Gasteiger partial charge in [-0.05, 0) is 30.9 Å². The minimum Gasteiger partial charge on any atom is -0.497 e. The second kappa shape index (κ2) is 6.44. The van der Waals surface area contributed by atoms with Gasteiger partial charge >= 0.3 is 11.9 Å². The number of nitrogens with zero attached hydrogens (tertiary/aromatic N) is 2. The van der Waals surface area contributed by atoms with Gasteiger partial charge in [0.1, 0.15) is 5.75 Å². The Bertz CT molecular complexity index is 1140. The lowest BCUT2D eigenvalue weighted by Crippen LogP contribution is -2.77. The van der Waals surface area contributed by atoms with Crippen molar-refractivity contribution in [1.29, 1.82) is 0 Å². The molecule has 2 bridgehead atoms. The van der Waals surface area contributed by atoms with Crippen LogP contribution in [0.4, 0.5) is 5.69 Å². The zero-order valence-electron chi connectivity index (χ0n) is 20.2. The van der Waals surface area contributed by atoms with E-state index in [2.05, 4.69) is 0 Å². The van der Waals surface area contributed by atoms with Crippen molar-refractivity contribution in [3.8, 4) is 5.75 Å². The van der Waals surface area contributed by atoms with E-state index in [0.717, 1.165) is 11.3 Å². The van der Waals surface area contributed by atoms with Gasteiger partial charge in [-0.1, -0.05) is 13.0 Å². The molecule has 2 spiro atoms. The summed E-state index contributed by atoms with van der Waals surface area (Å²) in [5.41, 5.74) is -2.19. The number of hydrogen-bond donors (Lipinski definition) is 0. The second-order valence-corrected chi connectivity index (χ2v) is 10.2. The van der Waals surface area contributed by atoms with Crippen LogP contribution in [0.3, 0.4) is 0 Å². The molecule has 1 aromatic rings. The number of benzene rings is 1. The highest BCUT2D eigenvalue weighted by molar-refractivity contribution is 5.91. The van der Waals surface area contributed by atoms with Gasteiger partial charge in [-0.25, -0.2) is 4.79 Å². The van der Waals surface area contributed by atoms with Crippen molar-refractivity contribution >= 4 is 23.5 Å². The molecule has 182 valence electrons. The lowest BCUT2D eigenvalue weighted by molar-refractivity contribution is -0.206. The van der Waals surface area contributed by atoms with Crippen molar-refractivity contribution in [2.24, 2.45) is 5.41 Å². The van der Waals surface area contributed by atoms with Crippen molar-refractivity contribution in [2.75, 3.05) is 32.7 Å². The number of carbonyl (C=O) groups excluding carboxylic acids is 3. The first-order valence-electron chi connectivity index (χ1n) is 11.9. The molecular formula is C25H30N2O7. The summed E-state index contributed by atoms with van der Waals surface area (Å²) < 4.78 is 23.9. The largest absolute Gasteiger partial charge is 0.497 e. The van der Waals surface area contributed by atoms with Crippen LogP contribution in [-0.4, -0.2) is 74.0 Å². The average Bonchev–Trinajstić information content (AvgIpc) is 3.47. The topological polar surface area (TPSA) is 94.6 Å². The molecule has 0 saturated carbocycles. The number of esters is 2. The van der Waals surface area contributed by atoms with Gasteiger partial charge in [0, 0.05) is 38.7 Å².